The summed E-state index contributed by atoms with van der Waals surface area (Å²) in [6, 6.07) is 18.4. The van der Waals surface area contributed by atoms with Gasteiger partial charge in [0.05, 0.1) is 24.2 Å². The highest BCUT2D eigenvalue weighted by atomic mass is 79.9. The fourth-order valence-corrected chi connectivity index (χ4v) is 3.78. The molecule has 0 saturated heterocycles. The molecule has 0 N–H and O–H groups in total. The van der Waals surface area contributed by atoms with Crippen molar-refractivity contribution in [1.29, 1.82) is 0 Å². The van der Waals surface area contributed by atoms with Gasteiger partial charge in [-0.25, -0.2) is 4.98 Å². The molecule has 0 spiro atoms. The highest BCUT2D eigenvalue weighted by Crippen LogP contribution is 2.28. The van der Waals surface area contributed by atoms with Crippen LogP contribution in [0, 0.1) is 0 Å². The van der Waals surface area contributed by atoms with Gasteiger partial charge in [-0.1, -0.05) is 46.6 Å². The van der Waals surface area contributed by atoms with Crippen molar-refractivity contribution in [2.45, 2.75) is 20.0 Å². The van der Waals surface area contributed by atoms with Crippen molar-refractivity contribution in [2.24, 2.45) is 5.10 Å². The number of benzene rings is 3. The molecule has 0 aliphatic heterocycles. The van der Waals surface area contributed by atoms with Crippen molar-refractivity contribution in [3.8, 4) is 11.5 Å². The third-order valence-electron chi connectivity index (χ3n) is 5.01. The number of ether oxygens (including phenoxy) is 2. The van der Waals surface area contributed by atoms with E-state index in [4.69, 9.17) is 21.1 Å². The van der Waals surface area contributed by atoms with E-state index in [0.29, 0.717) is 46.3 Å². The fraction of sp³-hybridized carbons (Fsp3) is 0.160. The second-order valence-electron chi connectivity index (χ2n) is 7.23. The lowest BCUT2D eigenvalue weighted by molar-refractivity contribution is 0.284. The van der Waals surface area contributed by atoms with Gasteiger partial charge >= 0.3 is 0 Å². The van der Waals surface area contributed by atoms with Crippen molar-refractivity contribution in [2.75, 3.05) is 7.11 Å². The van der Waals surface area contributed by atoms with Crippen LogP contribution in [-0.2, 0) is 13.0 Å². The van der Waals surface area contributed by atoms with Gasteiger partial charge in [0.1, 0.15) is 12.4 Å². The summed E-state index contributed by atoms with van der Waals surface area (Å²) in [5.74, 6) is 1.76. The molecule has 0 radical (unpaired) electrons. The highest BCUT2D eigenvalue weighted by molar-refractivity contribution is 9.10. The van der Waals surface area contributed by atoms with E-state index in [1.165, 1.54) is 4.68 Å². The Bertz CT molecular complexity index is 1380. The summed E-state index contributed by atoms with van der Waals surface area (Å²) >= 11 is 9.34. The lowest BCUT2D eigenvalue weighted by Crippen LogP contribution is -2.22. The van der Waals surface area contributed by atoms with E-state index in [1.54, 1.807) is 19.4 Å². The van der Waals surface area contributed by atoms with Crippen LogP contribution < -0.4 is 15.0 Å². The second kappa shape index (κ2) is 10.2. The monoisotopic (exact) mass is 525 g/mol. The summed E-state index contributed by atoms with van der Waals surface area (Å²) < 4.78 is 13.5. The van der Waals surface area contributed by atoms with Gasteiger partial charge < -0.3 is 9.47 Å². The summed E-state index contributed by atoms with van der Waals surface area (Å²) in [7, 11) is 1.58. The van der Waals surface area contributed by atoms with Gasteiger partial charge in [0.15, 0.2) is 11.5 Å². The molecule has 0 atom stereocenters. The van der Waals surface area contributed by atoms with E-state index < -0.39 is 0 Å². The molecule has 0 saturated carbocycles. The van der Waals surface area contributed by atoms with Gasteiger partial charge in [-0.05, 0) is 59.7 Å². The summed E-state index contributed by atoms with van der Waals surface area (Å²) in [5, 5.41) is 5.61. The lowest BCUT2D eigenvalue weighted by atomic mass is 10.2. The number of halogens is 2. The number of hydrogen-bond acceptors (Lipinski definition) is 5. The predicted molar refractivity (Wildman–Crippen MR) is 135 cm³/mol. The van der Waals surface area contributed by atoms with Crippen LogP contribution >= 0.6 is 27.5 Å². The molecule has 1 heterocycles. The molecule has 168 valence electrons. The zero-order chi connectivity index (χ0) is 23.4. The van der Waals surface area contributed by atoms with Gasteiger partial charge in [-0.2, -0.15) is 9.78 Å². The van der Waals surface area contributed by atoms with E-state index >= 15 is 0 Å². The minimum Gasteiger partial charge on any atom is -0.493 e. The van der Waals surface area contributed by atoms with Gasteiger partial charge in [-0.15, -0.1) is 0 Å². The minimum absolute atomic E-state index is 0.218. The summed E-state index contributed by atoms with van der Waals surface area (Å²) in [6.45, 7) is 2.32. The van der Waals surface area contributed by atoms with Crippen molar-refractivity contribution < 1.29 is 9.47 Å². The molecule has 8 heteroatoms. The number of fused-ring (bicyclic) bond motifs is 1. The summed E-state index contributed by atoms with van der Waals surface area (Å²) in [4.78, 5) is 17.6. The molecular weight excluding hydrogens is 506 g/mol. The zero-order valence-corrected chi connectivity index (χ0v) is 20.4. The Morgan fingerprint density at radius 3 is 2.61 bits per heavy atom. The van der Waals surface area contributed by atoms with Crippen molar-refractivity contribution in [1.82, 2.24) is 9.66 Å². The Morgan fingerprint density at radius 2 is 1.88 bits per heavy atom. The molecule has 0 aliphatic rings. The largest absolute Gasteiger partial charge is 0.493 e. The van der Waals surface area contributed by atoms with E-state index in [1.807, 2.05) is 61.5 Å². The maximum absolute atomic E-state index is 13.0. The smallest absolute Gasteiger partial charge is 0.282 e. The third-order valence-corrected chi connectivity index (χ3v) is 5.75. The van der Waals surface area contributed by atoms with E-state index in [0.717, 1.165) is 15.6 Å². The minimum atomic E-state index is -0.218. The van der Waals surface area contributed by atoms with Crippen LogP contribution in [0.15, 0.2) is 75.0 Å². The second-order valence-corrected chi connectivity index (χ2v) is 8.58. The van der Waals surface area contributed by atoms with Crippen LogP contribution in [0.1, 0.15) is 23.9 Å². The summed E-state index contributed by atoms with van der Waals surface area (Å²) in [5.41, 5.74) is 2.18. The zero-order valence-electron chi connectivity index (χ0n) is 18.1. The van der Waals surface area contributed by atoms with Gasteiger partial charge in [0.25, 0.3) is 5.56 Å². The number of methoxy groups -OCH3 is 1. The molecule has 4 rings (SSSR count). The standard InChI is InChI=1S/C25H21BrClN3O3/c1-3-24-29-21-10-7-18(26)13-20(21)25(31)30(24)28-14-17-6-11-22(23(12-17)32-2)33-15-16-4-8-19(27)9-5-16/h4-14H,3,15H2,1-2H3. The number of hydrogen-bond donors (Lipinski definition) is 0. The first-order valence-corrected chi connectivity index (χ1v) is 11.5. The van der Waals surface area contributed by atoms with Crippen LogP contribution in [0.2, 0.25) is 5.02 Å². The topological polar surface area (TPSA) is 65.7 Å². The quantitative estimate of drug-likeness (QED) is 0.284. The number of rotatable bonds is 7. The Morgan fingerprint density at radius 1 is 1.09 bits per heavy atom. The highest BCUT2D eigenvalue weighted by Gasteiger charge is 2.10. The van der Waals surface area contributed by atoms with Crippen molar-refractivity contribution in [3.63, 3.8) is 0 Å². The van der Waals surface area contributed by atoms with E-state index in [9.17, 15) is 4.79 Å². The van der Waals surface area contributed by atoms with Crippen LogP contribution in [0.5, 0.6) is 11.5 Å². The van der Waals surface area contributed by atoms with E-state index in [2.05, 4.69) is 26.0 Å². The third kappa shape index (κ3) is 5.26. The molecule has 33 heavy (non-hydrogen) atoms. The number of aromatic nitrogens is 2. The lowest BCUT2D eigenvalue weighted by Gasteiger charge is -2.12. The first kappa shape index (κ1) is 23.0. The maximum atomic E-state index is 13.0. The molecule has 1 aromatic heterocycles. The van der Waals surface area contributed by atoms with Gasteiger partial charge in [0.2, 0.25) is 0 Å². The van der Waals surface area contributed by atoms with Crippen LogP contribution in [-0.4, -0.2) is 23.0 Å². The molecule has 0 unspecified atom stereocenters. The molecule has 0 bridgehead atoms. The molecule has 0 aliphatic carbocycles. The molecule has 3 aromatic carbocycles. The first-order valence-electron chi connectivity index (χ1n) is 10.3. The first-order chi connectivity index (χ1) is 16.0. The molecule has 4 aromatic rings. The normalized spacial score (nSPS) is 11.3. The average molecular weight is 527 g/mol. The van der Waals surface area contributed by atoms with Gasteiger partial charge in [-0.3, -0.25) is 4.79 Å². The van der Waals surface area contributed by atoms with Crippen molar-refractivity contribution in [3.05, 3.63) is 97.5 Å². The Hall–Kier alpha value is -3.16. The van der Waals surface area contributed by atoms with Crippen LogP contribution in [0.4, 0.5) is 0 Å². The van der Waals surface area contributed by atoms with Gasteiger partial charge in [0, 0.05) is 15.9 Å². The SMILES string of the molecule is CCc1nc2ccc(Br)cc2c(=O)n1N=Cc1ccc(OCc2ccc(Cl)cc2)c(OC)c1. The summed E-state index contributed by atoms with van der Waals surface area (Å²) in [6.07, 6.45) is 2.18. The fourth-order valence-electron chi connectivity index (χ4n) is 3.29. The maximum Gasteiger partial charge on any atom is 0.282 e. The average Bonchev–Trinajstić information content (AvgIpc) is 2.83. The number of aryl methyl sites for hydroxylation is 1. The number of nitrogens with zero attached hydrogens (tertiary/aromatic N) is 3. The molecule has 6 nitrogen and oxygen atoms in total. The molecular formula is C25H21BrClN3O3. The van der Waals surface area contributed by atoms with Crippen LogP contribution in [0.3, 0.4) is 0 Å². The van der Waals surface area contributed by atoms with Crippen LogP contribution in [0.25, 0.3) is 10.9 Å². The molecule has 0 fully saturated rings. The Labute approximate surface area is 204 Å². The van der Waals surface area contributed by atoms with Crippen molar-refractivity contribution >= 4 is 44.6 Å². The Kier molecular flexibility index (Phi) is 7.11. The predicted octanol–water partition coefficient (Wildman–Crippen LogP) is 5.84. The van der Waals surface area contributed by atoms with E-state index in [-0.39, 0.29) is 5.56 Å². The molecule has 0 amide bonds. The Balaban J connectivity index is 1.60.